The lowest BCUT2D eigenvalue weighted by Crippen LogP contribution is -2.13. The molecular weight excluding hydrogens is 300 g/mol. The normalized spacial score (nSPS) is 13.5. The van der Waals surface area contributed by atoms with Crippen LogP contribution >= 0.6 is 0 Å². The monoisotopic (exact) mass is 320 g/mol. The van der Waals surface area contributed by atoms with E-state index in [0.29, 0.717) is 0 Å². The van der Waals surface area contributed by atoms with E-state index in [-0.39, 0.29) is 0 Å². The molecule has 1 aliphatic carbocycles. The smallest absolute Gasteiger partial charge is 0.181 e. The maximum absolute atomic E-state index is 5.38. The summed E-state index contributed by atoms with van der Waals surface area (Å²) in [6, 6.07) is 8.29. The van der Waals surface area contributed by atoms with Crippen molar-refractivity contribution in [1.29, 1.82) is 0 Å². The van der Waals surface area contributed by atoms with Crippen LogP contribution in [0, 0.1) is 6.92 Å². The van der Waals surface area contributed by atoms with E-state index in [4.69, 9.17) is 4.42 Å². The zero-order chi connectivity index (χ0) is 16.4. The Hall–Kier alpha value is -2.69. The molecule has 1 aromatic carbocycles. The SMILES string of the molecule is Cc1nc2c(c(NCc3cccc(-c4cnco4)c3)n1)CCCC2. The molecular formula is C19H20N4O. The summed E-state index contributed by atoms with van der Waals surface area (Å²) in [4.78, 5) is 13.2. The molecule has 0 fully saturated rings. The van der Waals surface area contributed by atoms with Crippen molar-refractivity contribution in [3.05, 3.63) is 59.5 Å². The minimum absolute atomic E-state index is 0.727. The molecule has 0 spiro atoms. The van der Waals surface area contributed by atoms with Crippen LogP contribution in [-0.4, -0.2) is 15.0 Å². The second-order valence-corrected chi connectivity index (χ2v) is 6.17. The van der Waals surface area contributed by atoms with Crippen LogP contribution in [0.15, 0.2) is 41.3 Å². The van der Waals surface area contributed by atoms with Crippen molar-refractivity contribution in [2.45, 2.75) is 39.2 Å². The van der Waals surface area contributed by atoms with Gasteiger partial charge in [-0.1, -0.05) is 18.2 Å². The lowest BCUT2D eigenvalue weighted by Gasteiger charge is -2.19. The summed E-state index contributed by atoms with van der Waals surface area (Å²) in [5.74, 6) is 2.61. The summed E-state index contributed by atoms with van der Waals surface area (Å²) < 4.78 is 5.38. The molecule has 0 amide bonds. The van der Waals surface area contributed by atoms with Crippen molar-refractivity contribution in [2.75, 3.05) is 5.32 Å². The van der Waals surface area contributed by atoms with Gasteiger partial charge in [-0.15, -0.1) is 0 Å². The van der Waals surface area contributed by atoms with E-state index in [2.05, 4.69) is 32.4 Å². The van der Waals surface area contributed by atoms with E-state index in [1.54, 1.807) is 6.20 Å². The fourth-order valence-corrected chi connectivity index (χ4v) is 3.24. The summed E-state index contributed by atoms with van der Waals surface area (Å²) in [6.45, 7) is 2.69. The number of rotatable bonds is 4. The summed E-state index contributed by atoms with van der Waals surface area (Å²) in [7, 11) is 0. The Morgan fingerprint density at radius 1 is 1.17 bits per heavy atom. The maximum atomic E-state index is 5.38. The molecule has 4 rings (SSSR count). The first-order valence-electron chi connectivity index (χ1n) is 8.37. The van der Waals surface area contributed by atoms with Crippen LogP contribution in [0.4, 0.5) is 5.82 Å². The number of fused-ring (bicyclic) bond motifs is 1. The highest BCUT2D eigenvalue weighted by atomic mass is 16.3. The largest absolute Gasteiger partial charge is 0.444 e. The molecule has 0 unspecified atom stereocenters. The van der Waals surface area contributed by atoms with Crippen molar-refractivity contribution in [2.24, 2.45) is 0 Å². The average molecular weight is 320 g/mol. The van der Waals surface area contributed by atoms with E-state index < -0.39 is 0 Å². The molecule has 5 heteroatoms. The van der Waals surface area contributed by atoms with Gasteiger partial charge in [0.15, 0.2) is 12.2 Å². The Labute approximate surface area is 141 Å². The van der Waals surface area contributed by atoms with Crippen molar-refractivity contribution in [3.8, 4) is 11.3 Å². The molecule has 122 valence electrons. The number of benzene rings is 1. The van der Waals surface area contributed by atoms with Gasteiger partial charge in [0.2, 0.25) is 0 Å². The molecule has 2 aromatic heterocycles. The predicted molar refractivity (Wildman–Crippen MR) is 92.7 cm³/mol. The average Bonchev–Trinajstić information content (AvgIpc) is 3.14. The van der Waals surface area contributed by atoms with Crippen LogP contribution < -0.4 is 5.32 Å². The molecule has 0 bridgehead atoms. The van der Waals surface area contributed by atoms with Gasteiger partial charge in [0.05, 0.1) is 6.20 Å². The van der Waals surface area contributed by atoms with Crippen LogP contribution in [0.3, 0.4) is 0 Å². The predicted octanol–water partition coefficient (Wildman–Crippen LogP) is 3.93. The van der Waals surface area contributed by atoms with Gasteiger partial charge in [0.25, 0.3) is 0 Å². The minimum Gasteiger partial charge on any atom is -0.444 e. The molecule has 1 N–H and O–H groups in total. The number of aromatic nitrogens is 3. The minimum atomic E-state index is 0.727. The molecule has 5 nitrogen and oxygen atoms in total. The molecule has 0 saturated heterocycles. The maximum Gasteiger partial charge on any atom is 0.181 e. The molecule has 2 heterocycles. The van der Waals surface area contributed by atoms with Crippen molar-refractivity contribution >= 4 is 5.82 Å². The number of nitrogens with one attached hydrogen (secondary N) is 1. The lowest BCUT2D eigenvalue weighted by atomic mass is 9.96. The molecule has 0 aliphatic heterocycles. The van der Waals surface area contributed by atoms with E-state index in [0.717, 1.165) is 42.4 Å². The van der Waals surface area contributed by atoms with E-state index in [1.165, 1.54) is 36.1 Å². The van der Waals surface area contributed by atoms with Crippen LogP contribution in [-0.2, 0) is 19.4 Å². The first kappa shape index (κ1) is 14.9. The number of anilines is 1. The Kier molecular flexibility index (Phi) is 3.99. The first-order chi connectivity index (χ1) is 11.8. The van der Waals surface area contributed by atoms with Crippen LogP contribution in [0.2, 0.25) is 0 Å². The summed E-state index contributed by atoms with van der Waals surface area (Å²) in [5.41, 5.74) is 4.72. The van der Waals surface area contributed by atoms with Crippen molar-refractivity contribution < 1.29 is 4.42 Å². The van der Waals surface area contributed by atoms with Gasteiger partial charge in [-0.3, -0.25) is 0 Å². The van der Waals surface area contributed by atoms with Gasteiger partial charge in [-0.25, -0.2) is 15.0 Å². The summed E-state index contributed by atoms with van der Waals surface area (Å²) in [6.07, 6.45) is 7.76. The molecule has 24 heavy (non-hydrogen) atoms. The van der Waals surface area contributed by atoms with Crippen LogP contribution in [0.5, 0.6) is 0 Å². The Bertz CT molecular complexity index is 843. The molecule has 0 radical (unpaired) electrons. The number of hydrogen-bond acceptors (Lipinski definition) is 5. The highest BCUT2D eigenvalue weighted by molar-refractivity contribution is 5.57. The Morgan fingerprint density at radius 3 is 2.96 bits per heavy atom. The first-order valence-corrected chi connectivity index (χ1v) is 8.37. The number of hydrogen-bond donors (Lipinski definition) is 1. The van der Waals surface area contributed by atoms with Gasteiger partial charge in [0, 0.05) is 23.4 Å². The fraction of sp³-hybridized carbons (Fsp3) is 0.316. The molecule has 0 saturated carbocycles. The van der Waals surface area contributed by atoms with Gasteiger partial charge >= 0.3 is 0 Å². The summed E-state index contributed by atoms with van der Waals surface area (Å²) >= 11 is 0. The van der Waals surface area contributed by atoms with Gasteiger partial charge in [-0.05, 0) is 44.2 Å². The van der Waals surface area contributed by atoms with E-state index in [1.807, 2.05) is 19.1 Å². The van der Waals surface area contributed by atoms with Gasteiger partial charge < -0.3 is 9.73 Å². The van der Waals surface area contributed by atoms with E-state index in [9.17, 15) is 0 Å². The highest BCUT2D eigenvalue weighted by Crippen LogP contribution is 2.26. The topological polar surface area (TPSA) is 63.8 Å². The lowest BCUT2D eigenvalue weighted by molar-refractivity contribution is 0.572. The van der Waals surface area contributed by atoms with E-state index >= 15 is 0 Å². The molecule has 3 aromatic rings. The zero-order valence-corrected chi connectivity index (χ0v) is 13.7. The second kappa shape index (κ2) is 6.43. The third kappa shape index (κ3) is 3.02. The fourth-order valence-electron chi connectivity index (χ4n) is 3.24. The van der Waals surface area contributed by atoms with Gasteiger partial charge in [-0.2, -0.15) is 0 Å². The molecule has 1 aliphatic rings. The second-order valence-electron chi connectivity index (χ2n) is 6.17. The zero-order valence-electron chi connectivity index (χ0n) is 13.7. The summed E-state index contributed by atoms with van der Waals surface area (Å²) in [5, 5.41) is 3.51. The third-order valence-electron chi connectivity index (χ3n) is 4.40. The number of aryl methyl sites for hydroxylation is 2. The highest BCUT2D eigenvalue weighted by Gasteiger charge is 2.16. The molecule has 0 atom stereocenters. The standard InChI is InChI=1S/C19H20N4O/c1-13-22-17-8-3-2-7-16(17)19(23-13)21-10-14-5-4-6-15(9-14)18-11-20-12-24-18/h4-6,9,11-12H,2-3,7-8,10H2,1H3,(H,21,22,23). The number of oxazole rings is 1. The van der Waals surface area contributed by atoms with Crippen molar-refractivity contribution in [1.82, 2.24) is 15.0 Å². The van der Waals surface area contributed by atoms with Gasteiger partial charge in [0.1, 0.15) is 11.6 Å². The quantitative estimate of drug-likeness (QED) is 0.789. The number of nitrogens with zero attached hydrogens (tertiary/aromatic N) is 3. The Balaban J connectivity index is 1.55. The Morgan fingerprint density at radius 2 is 2.08 bits per heavy atom. The van der Waals surface area contributed by atoms with Crippen LogP contribution in [0.1, 0.15) is 35.5 Å². The third-order valence-corrected chi connectivity index (χ3v) is 4.40. The van der Waals surface area contributed by atoms with Crippen molar-refractivity contribution in [3.63, 3.8) is 0 Å². The van der Waals surface area contributed by atoms with Crippen LogP contribution in [0.25, 0.3) is 11.3 Å².